The van der Waals surface area contributed by atoms with Crippen molar-refractivity contribution in [3.05, 3.63) is 77.0 Å². The Morgan fingerprint density at radius 3 is 2.38 bits per heavy atom. The smallest absolute Gasteiger partial charge is 0.187 e. The third kappa shape index (κ3) is 4.77. The summed E-state index contributed by atoms with van der Waals surface area (Å²) in [6, 6.07) is 15.9. The molecule has 1 heterocycles. The van der Waals surface area contributed by atoms with Gasteiger partial charge in [0.1, 0.15) is 0 Å². The first-order valence-corrected chi connectivity index (χ1v) is 9.27. The zero-order valence-electron chi connectivity index (χ0n) is 12.7. The number of nitrogens with one attached hydrogen (secondary N) is 1. The van der Waals surface area contributed by atoms with E-state index in [1.165, 1.54) is 11.3 Å². The molecule has 2 N–H and O–H groups in total. The van der Waals surface area contributed by atoms with Crippen LogP contribution in [0.5, 0.6) is 0 Å². The van der Waals surface area contributed by atoms with Crippen LogP contribution in [0.1, 0.15) is 5.69 Å². The van der Waals surface area contributed by atoms with Crippen molar-refractivity contribution < 1.29 is 5.11 Å². The quantitative estimate of drug-likeness (QED) is 0.496. The van der Waals surface area contributed by atoms with Gasteiger partial charge in [-0.2, -0.15) is 0 Å². The van der Waals surface area contributed by atoms with Gasteiger partial charge in [-0.1, -0.05) is 29.9 Å². The van der Waals surface area contributed by atoms with Crippen LogP contribution in [0.2, 0.25) is 5.02 Å². The summed E-state index contributed by atoms with van der Waals surface area (Å²) in [6.07, 6.45) is 0.384. The normalized spacial score (nSPS) is 10.5. The Balaban J connectivity index is 1.62. The van der Waals surface area contributed by atoms with Crippen LogP contribution in [0.3, 0.4) is 0 Å². The molecular weight excluding hydrogens is 360 g/mol. The highest BCUT2D eigenvalue weighted by atomic mass is 35.5. The fourth-order valence-corrected chi connectivity index (χ4v) is 3.70. The van der Waals surface area contributed by atoms with Crippen LogP contribution in [0.25, 0.3) is 0 Å². The van der Waals surface area contributed by atoms with Crippen molar-refractivity contribution in [1.82, 2.24) is 4.98 Å². The molecule has 3 rings (SSSR count). The molecule has 122 valence electrons. The fraction of sp³-hybridized carbons (Fsp3) is 0.0556. The summed E-state index contributed by atoms with van der Waals surface area (Å²) in [5.41, 5.74) is 1.78. The lowest BCUT2D eigenvalue weighted by Crippen LogP contribution is -1.92. The summed E-state index contributed by atoms with van der Waals surface area (Å²) in [4.78, 5) is 6.71. The summed E-state index contributed by atoms with van der Waals surface area (Å²) >= 11 is 9.09. The molecule has 0 saturated heterocycles. The molecule has 0 aliphatic carbocycles. The number of thiazole rings is 1. The second-order valence-corrected chi connectivity index (χ2v) is 7.53. The topological polar surface area (TPSA) is 45.1 Å². The Morgan fingerprint density at radius 2 is 1.75 bits per heavy atom. The highest BCUT2D eigenvalue weighted by Crippen LogP contribution is 2.30. The Bertz CT molecular complexity index is 829. The van der Waals surface area contributed by atoms with Crippen LogP contribution in [-0.2, 0) is 6.42 Å². The molecule has 0 aliphatic rings. The molecule has 0 spiro atoms. The minimum absolute atomic E-state index is 0.121. The predicted molar refractivity (Wildman–Crippen MR) is 103 cm³/mol. The maximum absolute atomic E-state index is 9.21. The molecule has 0 atom stereocenters. The number of hydrogen-bond acceptors (Lipinski definition) is 5. The average molecular weight is 375 g/mol. The summed E-state index contributed by atoms with van der Waals surface area (Å²) in [7, 11) is 0. The molecule has 0 fully saturated rings. The van der Waals surface area contributed by atoms with E-state index in [9.17, 15) is 5.11 Å². The highest BCUT2D eigenvalue weighted by molar-refractivity contribution is 7.99. The van der Waals surface area contributed by atoms with Gasteiger partial charge < -0.3 is 10.4 Å². The van der Waals surface area contributed by atoms with Crippen LogP contribution >= 0.6 is 34.7 Å². The Kier molecular flexibility index (Phi) is 5.45. The highest BCUT2D eigenvalue weighted by Gasteiger charge is 2.04. The van der Waals surface area contributed by atoms with Crippen molar-refractivity contribution in [2.45, 2.75) is 16.2 Å². The maximum atomic E-state index is 9.21. The Hall–Kier alpha value is -1.95. The van der Waals surface area contributed by atoms with E-state index in [4.69, 9.17) is 11.6 Å². The van der Waals surface area contributed by atoms with Crippen molar-refractivity contribution in [2.24, 2.45) is 0 Å². The van der Waals surface area contributed by atoms with Gasteiger partial charge in [-0.15, -0.1) is 11.3 Å². The van der Waals surface area contributed by atoms with E-state index in [1.54, 1.807) is 11.8 Å². The zero-order chi connectivity index (χ0) is 16.9. The summed E-state index contributed by atoms with van der Waals surface area (Å²) < 4.78 is 0. The first-order chi connectivity index (χ1) is 11.6. The second kappa shape index (κ2) is 7.75. The van der Waals surface area contributed by atoms with E-state index >= 15 is 0 Å². The first kappa shape index (κ1) is 16.9. The van der Waals surface area contributed by atoms with Crippen LogP contribution in [-0.4, -0.2) is 10.1 Å². The largest absolute Gasteiger partial charge is 0.513 e. The molecule has 0 amide bonds. The molecule has 2 aromatic carbocycles. The number of nitrogens with zero attached hydrogens (tertiary/aromatic N) is 1. The Morgan fingerprint density at radius 1 is 1.12 bits per heavy atom. The van der Waals surface area contributed by atoms with Gasteiger partial charge in [0.15, 0.2) is 5.13 Å². The number of aliphatic hydroxyl groups is 1. The molecule has 0 radical (unpaired) electrons. The van der Waals surface area contributed by atoms with Crippen LogP contribution in [0, 0.1) is 0 Å². The van der Waals surface area contributed by atoms with Crippen molar-refractivity contribution >= 4 is 45.5 Å². The van der Waals surface area contributed by atoms with E-state index in [2.05, 4.69) is 29.0 Å². The average Bonchev–Trinajstić information content (AvgIpc) is 2.98. The van der Waals surface area contributed by atoms with Crippen LogP contribution in [0.15, 0.2) is 76.0 Å². The van der Waals surface area contributed by atoms with E-state index in [1.807, 2.05) is 41.8 Å². The van der Waals surface area contributed by atoms with E-state index in [0.29, 0.717) is 6.42 Å². The zero-order valence-corrected chi connectivity index (χ0v) is 15.1. The minimum atomic E-state index is 0.121. The first-order valence-electron chi connectivity index (χ1n) is 7.20. The van der Waals surface area contributed by atoms with E-state index in [0.717, 1.165) is 31.3 Å². The van der Waals surface area contributed by atoms with Gasteiger partial charge in [0, 0.05) is 32.3 Å². The Labute approximate surface area is 154 Å². The molecule has 24 heavy (non-hydrogen) atoms. The molecule has 1 aromatic heterocycles. The van der Waals surface area contributed by atoms with Gasteiger partial charge in [0.25, 0.3) is 0 Å². The number of hydrogen-bond donors (Lipinski definition) is 2. The second-order valence-electron chi connectivity index (χ2n) is 5.09. The molecule has 0 bridgehead atoms. The molecular formula is C18H15ClN2OS2. The van der Waals surface area contributed by atoms with Crippen LogP contribution in [0.4, 0.5) is 10.8 Å². The summed E-state index contributed by atoms with van der Waals surface area (Å²) in [6.45, 7) is 3.48. The number of allylic oxidation sites excluding steroid dienone is 1. The summed E-state index contributed by atoms with van der Waals surface area (Å²) in [5, 5.41) is 15.9. The van der Waals surface area contributed by atoms with E-state index < -0.39 is 0 Å². The van der Waals surface area contributed by atoms with Gasteiger partial charge in [-0.3, -0.25) is 0 Å². The third-order valence-electron chi connectivity index (χ3n) is 3.09. The number of halogens is 1. The number of anilines is 2. The maximum Gasteiger partial charge on any atom is 0.187 e. The molecule has 0 aliphatic heterocycles. The van der Waals surface area contributed by atoms with Gasteiger partial charge in [-0.05, 0) is 48.5 Å². The number of aromatic nitrogens is 1. The predicted octanol–water partition coefficient (Wildman–Crippen LogP) is 6.31. The SMILES string of the molecule is C=C(O)Cc1csc(Nc2ccc(Sc3ccc(Cl)cc3)cc2)n1. The standard InChI is InChI=1S/C18H15ClN2OS2/c1-12(22)10-15-11-23-18(21-15)20-14-4-8-17(9-5-14)24-16-6-2-13(19)3-7-16/h2-9,11,22H,1,10H2,(H,20,21). The molecule has 3 aromatic rings. The van der Waals surface area contributed by atoms with Crippen molar-refractivity contribution in [3.8, 4) is 0 Å². The third-order valence-corrected chi connectivity index (χ3v) is 5.17. The lowest BCUT2D eigenvalue weighted by molar-refractivity contribution is 0.400. The molecule has 0 saturated carbocycles. The van der Waals surface area contributed by atoms with Crippen LogP contribution < -0.4 is 5.32 Å². The number of rotatable bonds is 6. The van der Waals surface area contributed by atoms with Crippen molar-refractivity contribution in [2.75, 3.05) is 5.32 Å². The molecule has 6 heteroatoms. The fourth-order valence-electron chi connectivity index (χ4n) is 2.02. The van der Waals surface area contributed by atoms with Crippen molar-refractivity contribution in [1.29, 1.82) is 0 Å². The van der Waals surface area contributed by atoms with Gasteiger partial charge in [0.2, 0.25) is 0 Å². The number of benzene rings is 2. The van der Waals surface area contributed by atoms with Gasteiger partial charge in [0.05, 0.1) is 11.5 Å². The van der Waals surface area contributed by atoms with E-state index in [-0.39, 0.29) is 5.76 Å². The number of aliphatic hydroxyl groups excluding tert-OH is 1. The summed E-state index contributed by atoms with van der Waals surface area (Å²) in [5.74, 6) is 0.121. The van der Waals surface area contributed by atoms with Crippen molar-refractivity contribution in [3.63, 3.8) is 0 Å². The minimum Gasteiger partial charge on any atom is -0.513 e. The van der Waals surface area contributed by atoms with Gasteiger partial charge >= 0.3 is 0 Å². The van der Waals surface area contributed by atoms with Gasteiger partial charge in [-0.25, -0.2) is 4.98 Å². The molecule has 3 nitrogen and oxygen atoms in total. The molecule has 0 unspecified atom stereocenters. The lowest BCUT2D eigenvalue weighted by atomic mass is 10.3. The monoisotopic (exact) mass is 374 g/mol. The lowest BCUT2D eigenvalue weighted by Gasteiger charge is -2.05.